The van der Waals surface area contributed by atoms with Crippen LogP contribution in [0.3, 0.4) is 0 Å². The summed E-state index contributed by atoms with van der Waals surface area (Å²) in [6.45, 7) is 0. The predicted octanol–water partition coefficient (Wildman–Crippen LogP) is 12.5. The van der Waals surface area contributed by atoms with Crippen LogP contribution in [0.25, 0.3) is 99.3 Å². The van der Waals surface area contributed by atoms with Crippen LogP contribution in [0, 0.1) is 0 Å². The summed E-state index contributed by atoms with van der Waals surface area (Å²) in [6, 6.07) is 59.7. The van der Waals surface area contributed by atoms with Gasteiger partial charge in [-0.1, -0.05) is 146 Å². The lowest BCUT2D eigenvalue weighted by Gasteiger charge is -2.16. The normalized spacial score (nSPS) is 11.7. The second-order valence-corrected chi connectivity index (χ2v) is 12.5. The van der Waals surface area contributed by atoms with E-state index in [1.165, 1.54) is 27.3 Å². The molecule has 0 fully saturated rings. The minimum atomic E-state index is 0.621. The maximum Gasteiger partial charge on any atom is 0.227 e. The average Bonchev–Trinajstić information content (AvgIpc) is 3.64. The summed E-state index contributed by atoms with van der Waals surface area (Å²) in [7, 11) is 0. The standard InChI is InChI=1S/C46H28N2O/c1-3-13-29(14-4-1)40-28-42(31-15-5-2-6-16-31)47-43-36-20-10-8-19-35(36)39(27-41(40)43)30-23-25-32(26-24-30)46-48-44-37-21-11-7-17-33(37)34-18-9-12-22-38(34)45(44)49-46/h1-28H. The predicted molar refractivity (Wildman–Crippen MR) is 204 cm³/mol. The fraction of sp³-hybridized carbons (Fsp3) is 0. The number of aromatic nitrogens is 2. The van der Waals surface area contributed by atoms with Crippen LogP contribution < -0.4 is 0 Å². The van der Waals surface area contributed by atoms with E-state index in [0.29, 0.717) is 5.89 Å². The zero-order valence-electron chi connectivity index (χ0n) is 26.5. The summed E-state index contributed by atoms with van der Waals surface area (Å²) >= 11 is 0. The third-order valence-electron chi connectivity index (χ3n) is 9.69. The Balaban J connectivity index is 1.16. The lowest BCUT2D eigenvalue weighted by atomic mass is 9.91. The van der Waals surface area contributed by atoms with Gasteiger partial charge in [-0.05, 0) is 62.7 Å². The van der Waals surface area contributed by atoms with Crippen molar-refractivity contribution in [2.45, 2.75) is 0 Å². The quantitative estimate of drug-likeness (QED) is 0.183. The van der Waals surface area contributed by atoms with Crippen molar-refractivity contribution in [2.24, 2.45) is 0 Å². The molecule has 0 unspecified atom stereocenters. The van der Waals surface area contributed by atoms with Crippen molar-refractivity contribution in [3.05, 3.63) is 170 Å². The summed E-state index contributed by atoms with van der Waals surface area (Å²) < 4.78 is 6.54. The zero-order valence-corrected chi connectivity index (χ0v) is 26.5. The highest BCUT2D eigenvalue weighted by molar-refractivity contribution is 6.23. The molecule has 0 amide bonds. The van der Waals surface area contributed by atoms with E-state index in [1.54, 1.807) is 0 Å². The van der Waals surface area contributed by atoms with Crippen molar-refractivity contribution in [3.8, 4) is 45.0 Å². The van der Waals surface area contributed by atoms with Gasteiger partial charge >= 0.3 is 0 Å². The lowest BCUT2D eigenvalue weighted by molar-refractivity contribution is 0.623. The minimum Gasteiger partial charge on any atom is -0.435 e. The van der Waals surface area contributed by atoms with Gasteiger partial charge in [-0.25, -0.2) is 9.97 Å². The second-order valence-electron chi connectivity index (χ2n) is 12.5. The maximum atomic E-state index is 6.54. The van der Waals surface area contributed by atoms with E-state index in [2.05, 4.69) is 164 Å². The highest BCUT2D eigenvalue weighted by Gasteiger charge is 2.18. The minimum absolute atomic E-state index is 0.621. The van der Waals surface area contributed by atoms with Gasteiger partial charge in [0.15, 0.2) is 5.58 Å². The molecule has 3 heteroatoms. The zero-order chi connectivity index (χ0) is 32.3. The Hall–Kier alpha value is -6.58. The summed E-state index contributed by atoms with van der Waals surface area (Å²) in [5.41, 5.74) is 10.3. The monoisotopic (exact) mass is 624 g/mol. The highest BCUT2D eigenvalue weighted by atomic mass is 16.3. The molecule has 0 aliphatic rings. The Morgan fingerprint density at radius 1 is 0.327 bits per heavy atom. The molecular formula is C46H28N2O. The topological polar surface area (TPSA) is 38.9 Å². The first kappa shape index (κ1) is 27.5. The number of hydrogen-bond acceptors (Lipinski definition) is 3. The van der Waals surface area contributed by atoms with Crippen LogP contribution in [0.2, 0.25) is 0 Å². The van der Waals surface area contributed by atoms with E-state index in [-0.39, 0.29) is 0 Å². The molecule has 228 valence electrons. The molecular weight excluding hydrogens is 597 g/mol. The van der Waals surface area contributed by atoms with Gasteiger partial charge in [0, 0.05) is 32.7 Å². The van der Waals surface area contributed by atoms with Crippen molar-refractivity contribution in [1.29, 1.82) is 0 Å². The fourth-order valence-corrected chi connectivity index (χ4v) is 7.35. The Morgan fingerprint density at radius 2 is 0.816 bits per heavy atom. The van der Waals surface area contributed by atoms with Crippen molar-refractivity contribution < 1.29 is 4.42 Å². The molecule has 0 radical (unpaired) electrons. The van der Waals surface area contributed by atoms with E-state index < -0.39 is 0 Å². The van der Waals surface area contributed by atoms with E-state index in [9.17, 15) is 0 Å². The van der Waals surface area contributed by atoms with Gasteiger partial charge in [-0.15, -0.1) is 0 Å². The van der Waals surface area contributed by atoms with Gasteiger partial charge in [0.2, 0.25) is 5.89 Å². The Bertz CT molecular complexity index is 2780. The molecule has 3 nitrogen and oxygen atoms in total. The van der Waals surface area contributed by atoms with Gasteiger partial charge in [0.25, 0.3) is 0 Å². The van der Waals surface area contributed by atoms with E-state index in [1.807, 2.05) is 6.07 Å². The van der Waals surface area contributed by atoms with Gasteiger partial charge in [-0.2, -0.15) is 0 Å². The number of benzene rings is 8. The summed E-state index contributed by atoms with van der Waals surface area (Å²) in [5.74, 6) is 0.621. The average molecular weight is 625 g/mol. The molecule has 2 heterocycles. The SMILES string of the molecule is c1ccc(-c2cc(-c3ccccc3)c3cc(-c4ccc(-c5nc6c7ccccc7c7ccccc7c6o5)cc4)c4ccccc4c3n2)cc1. The van der Waals surface area contributed by atoms with Gasteiger partial charge in [-0.3, -0.25) is 0 Å². The first-order valence-corrected chi connectivity index (χ1v) is 16.6. The molecule has 0 spiro atoms. The molecule has 0 atom stereocenters. The number of pyridine rings is 1. The number of oxazole rings is 1. The number of rotatable bonds is 4. The molecule has 0 aliphatic carbocycles. The van der Waals surface area contributed by atoms with Crippen molar-refractivity contribution >= 4 is 54.3 Å². The van der Waals surface area contributed by atoms with Crippen molar-refractivity contribution in [3.63, 3.8) is 0 Å². The highest BCUT2D eigenvalue weighted by Crippen LogP contribution is 2.41. The molecule has 0 bridgehead atoms. The van der Waals surface area contributed by atoms with Gasteiger partial charge in [0.05, 0.1) is 11.2 Å². The van der Waals surface area contributed by atoms with Crippen LogP contribution in [0.5, 0.6) is 0 Å². The summed E-state index contributed by atoms with van der Waals surface area (Å²) in [5, 5.41) is 7.96. The molecule has 0 saturated heterocycles. The van der Waals surface area contributed by atoms with Crippen molar-refractivity contribution in [2.75, 3.05) is 0 Å². The Morgan fingerprint density at radius 3 is 1.51 bits per heavy atom. The Kier molecular flexibility index (Phi) is 6.18. The van der Waals surface area contributed by atoms with Crippen LogP contribution in [0.15, 0.2) is 174 Å². The Labute approximate surface area is 282 Å². The molecule has 2 aromatic heterocycles. The molecule has 8 aromatic carbocycles. The van der Waals surface area contributed by atoms with Crippen LogP contribution in [0.1, 0.15) is 0 Å². The number of hydrogen-bond donors (Lipinski definition) is 0. The molecule has 10 rings (SSSR count). The summed E-state index contributed by atoms with van der Waals surface area (Å²) in [6.07, 6.45) is 0. The smallest absolute Gasteiger partial charge is 0.227 e. The summed E-state index contributed by atoms with van der Waals surface area (Å²) in [4.78, 5) is 10.3. The molecule has 49 heavy (non-hydrogen) atoms. The van der Waals surface area contributed by atoms with E-state index in [0.717, 1.165) is 66.1 Å². The molecule has 0 saturated carbocycles. The maximum absolute atomic E-state index is 6.54. The number of nitrogens with zero attached hydrogens (tertiary/aromatic N) is 2. The second kappa shape index (κ2) is 11.0. The largest absolute Gasteiger partial charge is 0.435 e. The van der Waals surface area contributed by atoms with E-state index >= 15 is 0 Å². The van der Waals surface area contributed by atoms with Crippen LogP contribution >= 0.6 is 0 Å². The van der Waals surface area contributed by atoms with Gasteiger partial charge in [0.1, 0.15) is 5.52 Å². The molecule has 0 aliphatic heterocycles. The van der Waals surface area contributed by atoms with Crippen LogP contribution in [-0.4, -0.2) is 9.97 Å². The van der Waals surface area contributed by atoms with Gasteiger partial charge < -0.3 is 4.42 Å². The third-order valence-corrected chi connectivity index (χ3v) is 9.69. The molecule has 10 aromatic rings. The first-order valence-electron chi connectivity index (χ1n) is 16.6. The van der Waals surface area contributed by atoms with Crippen molar-refractivity contribution in [1.82, 2.24) is 9.97 Å². The van der Waals surface area contributed by atoms with Crippen LogP contribution in [-0.2, 0) is 0 Å². The fourth-order valence-electron chi connectivity index (χ4n) is 7.35. The lowest BCUT2D eigenvalue weighted by Crippen LogP contribution is -1.93. The molecule has 0 N–H and O–H groups in total. The van der Waals surface area contributed by atoms with E-state index in [4.69, 9.17) is 14.4 Å². The number of fused-ring (bicyclic) bond motifs is 9. The van der Waals surface area contributed by atoms with Crippen LogP contribution in [0.4, 0.5) is 0 Å². The first-order chi connectivity index (χ1) is 24.3. The third kappa shape index (κ3) is 4.44.